The summed E-state index contributed by atoms with van der Waals surface area (Å²) in [5.41, 5.74) is 4.36. The Morgan fingerprint density at radius 2 is 1.68 bits per heavy atom. The lowest BCUT2D eigenvalue weighted by Crippen LogP contribution is -2.01. The summed E-state index contributed by atoms with van der Waals surface area (Å²) in [6, 6.07) is 22.7. The molecule has 0 N–H and O–H groups in total. The average Bonchev–Trinajstić information content (AvgIpc) is 2.94. The number of aliphatic imine (C=N–C) groups is 1. The highest BCUT2D eigenvalue weighted by Crippen LogP contribution is 2.22. The lowest BCUT2D eigenvalue weighted by Gasteiger charge is -2.07. The predicted octanol–water partition coefficient (Wildman–Crippen LogP) is 5.39. The summed E-state index contributed by atoms with van der Waals surface area (Å²) in [6.45, 7) is 4.19. The van der Waals surface area contributed by atoms with Crippen LogP contribution in [0.3, 0.4) is 0 Å². The van der Waals surface area contributed by atoms with Crippen LogP contribution in [0.4, 0.5) is 5.69 Å². The molecule has 4 rings (SSSR count). The summed E-state index contributed by atoms with van der Waals surface area (Å²) in [5.74, 6) is 0.933. The van der Waals surface area contributed by atoms with Gasteiger partial charge in [0, 0.05) is 29.4 Å². The first kappa shape index (κ1) is 15.3. The van der Waals surface area contributed by atoms with Crippen molar-refractivity contribution in [2.75, 3.05) is 0 Å². The van der Waals surface area contributed by atoms with Crippen LogP contribution in [-0.2, 0) is 0 Å². The van der Waals surface area contributed by atoms with E-state index in [0.29, 0.717) is 0 Å². The summed E-state index contributed by atoms with van der Waals surface area (Å²) < 4.78 is 2.15. The Morgan fingerprint density at radius 1 is 0.880 bits per heavy atom. The molecular formula is C22H19N3. The van der Waals surface area contributed by atoms with E-state index in [9.17, 15) is 0 Å². The summed E-state index contributed by atoms with van der Waals surface area (Å²) in [6.07, 6.45) is 3.75. The van der Waals surface area contributed by atoms with Crippen LogP contribution in [0.25, 0.3) is 16.6 Å². The lowest BCUT2D eigenvalue weighted by molar-refractivity contribution is 0.921. The van der Waals surface area contributed by atoms with Crippen molar-refractivity contribution < 1.29 is 0 Å². The number of hydrogen-bond donors (Lipinski definition) is 0. The second-order valence-corrected chi connectivity index (χ2v) is 6.14. The molecule has 0 fully saturated rings. The quantitative estimate of drug-likeness (QED) is 0.464. The number of rotatable bonds is 3. The number of aryl methyl sites for hydroxylation is 1. The zero-order valence-corrected chi connectivity index (χ0v) is 14.3. The van der Waals surface area contributed by atoms with E-state index in [4.69, 9.17) is 0 Å². The minimum absolute atomic E-state index is 0.933. The third-order valence-electron chi connectivity index (χ3n) is 4.43. The third kappa shape index (κ3) is 2.96. The molecular weight excluding hydrogens is 306 g/mol. The van der Waals surface area contributed by atoms with Crippen molar-refractivity contribution in [3.8, 4) is 5.82 Å². The van der Waals surface area contributed by atoms with Gasteiger partial charge in [-0.05, 0) is 55.0 Å². The van der Waals surface area contributed by atoms with E-state index < -0.39 is 0 Å². The van der Waals surface area contributed by atoms with Gasteiger partial charge in [-0.15, -0.1) is 0 Å². The van der Waals surface area contributed by atoms with Crippen molar-refractivity contribution >= 4 is 22.7 Å². The summed E-state index contributed by atoms with van der Waals surface area (Å²) in [4.78, 5) is 9.13. The average molecular weight is 325 g/mol. The molecule has 0 saturated heterocycles. The van der Waals surface area contributed by atoms with Gasteiger partial charge in [-0.1, -0.05) is 36.4 Å². The van der Waals surface area contributed by atoms with Crippen LogP contribution in [0.1, 0.15) is 17.0 Å². The first-order chi connectivity index (χ1) is 12.2. The Hall–Kier alpha value is -3.20. The second-order valence-electron chi connectivity index (χ2n) is 6.14. The molecule has 0 saturated carbocycles. The molecule has 2 aromatic carbocycles. The molecule has 3 nitrogen and oxygen atoms in total. The Morgan fingerprint density at radius 3 is 2.48 bits per heavy atom. The van der Waals surface area contributed by atoms with Crippen molar-refractivity contribution in [1.29, 1.82) is 0 Å². The van der Waals surface area contributed by atoms with Crippen LogP contribution in [0.2, 0.25) is 0 Å². The van der Waals surface area contributed by atoms with E-state index >= 15 is 0 Å². The topological polar surface area (TPSA) is 30.2 Å². The second kappa shape index (κ2) is 6.36. The Bertz CT molecular complexity index is 1060. The van der Waals surface area contributed by atoms with Crippen molar-refractivity contribution in [2.24, 2.45) is 4.99 Å². The molecule has 25 heavy (non-hydrogen) atoms. The van der Waals surface area contributed by atoms with E-state index in [1.165, 1.54) is 10.8 Å². The van der Waals surface area contributed by atoms with Crippen LogP contribution < -0.4 is 0 Å². The molecule has 3 heteroatoms. The van der Waals surface area contributed by atoms with Gasteiger partial charge in [0.05, 0.1) is 5.69 Å². The summed E-state index contributed by atoms with van der Waals surface area (Å²) >= 11 is 0. The van der Waals surface area contributed by atoms with Gasteiger partial charge in [-0.2, -0.15) is 0 Å². The molecule has 2 heterocycles. The third-order valence-corrected chi connectivity index (χ3v) is 4.43. The molecule has 0 aliphatic heterocycles. The van der Waals surface area contributed by atoms with E-state index in [1.54, 1.807) is 0 Å². The molecule has 0 aliphatic carbocycles. The largest absolute Gasteiger partial charge is 0.303 e. The van der Waals surface area contributed by atoms with Crippen molar-refractivity contribution in [3.05, 3.63) is 89.9 Å². The van der Waals surface area contributed by atoms with E-state index in [1.807, 2.05) is 30.6 Å². The fourth-order valence-corrected chi connectivity index (χ4v) is 3.16. The maximum Gasteiger partial charge on any atom is 0.136 e. The molecule has 0 radical (unpaired) electrons. The van der Waals surface area contributed by atoms with Crippen molar-refractivity contribution in [3.63, 3.8) is 0 Å². The maximum atomic E-state index is 4.68. The van der Waals surface area contributed by atoms with Crippen LogP contribution in [0.15, 0.2) is 77.9 Å². The highest BCUT2D eigenvalue weighted by Gasteiger charge is 2.09. The van der Waals surface area contributed by atoms with Crippen LogP contribution in [-0.4, -0.2) is 15.8 Å². The lowest BCUT2D eigenvalue weighted by atomic mass is 10.1. The number of pyridine rings is 1. The maximum absolute atomic E-state index is 4.68. The van der Waals surface area contributed by atoms with Gasteiger partial charge in [-0.3, -0.25) is 4.99 Å². The molecule has 122 valence electrons. The Kier molecular flexibility index (Phi) is 3.90. The highest BCUT2D eigenvalue weighted by atomic mass is 15.1. The monoisotopic (exact) mass is 325 g/mol. The van der Waals surface area contributed by atoms with E-state index in [0.717, 1.165) is 28.5 Å². The van der Waals surface area contributed by atoms with Gasteiger partial charge >= 0.3 is 0 Å². The van der Waals surface area contributed by atoms with Crippen molar-refractivity contribution in [1.82, 2.24) is 9.55 Å². The molecule has 0 spiro atoms. The fourth-order valence-electron chi connectivity index (χ4n) is 3.16. The minimum Gasteiger partial charge on any atom is -0.303 e. The molecule has 4 aromatic rings. The molecule has 0 aliphatic rings. The standard InChI is InChI=1S/C22H19N3/c1-16-13-20(17(2)25(16)22-9-5-6-12-23-22)15-24-21-11-10-18-7-3-4-8-19(18)14-21/h3-15H,1-2H3. The highest BCUT2D eigenvalue weighted by molar-refractivity contribution is 5.88. The zero-order valence-electron chi connectivity index (χ0n) is 14.3. The van der Waals surface area contributed by atoms with E-state index in [-0.39, 0.29) is 0 Å². The van der Waals surface area contributed by atoms with Crippen molar-refractivity contribution in [2.45, 2.75) is 13.8 Å². The predicted molar refractivity (Wildman–Crippen MR) is 104 cm³/mol. The van der Waals surface area contributed by atoms with Crippen LogP contribution >= 0.6 is 0 Å². The zero-order chi connectivity index (χ0) is 17.2. The minimum atomic E-state index is 0.933. The first-order valence-corrected chi connectivity index (χ1v) is 8.35. The van der Waals surface area contributed by atoms with Crippen LogP contribution in [0.5, 0.6) is 0 Å². The van der Waals surface area contributed by atoms with Gasteiger partial charge < -0.3 is 4.57 Å². The number of hydrogen-bond acceptors (Lipinski definition) is 2. The molecule has 0 unspecified atom stereocenters. The van der Waals surface area contributed by atoms with Gasteiger partial charge in [-0.25, -0.2) is 4.98 Å². The molecule has 0 bridgehead atoms. The molecule has 0 amide bonds. The fraction of sp³-hybridized carbons (Fsp3) is 0.0909. The Balaban J connectivity index is 1.69. The smallest absolute Gasteiger partial charge is 0.136 e. The number of benzene rings is 2. The van der Waals surface area contributed by atoms with Gasteiger partial charge in [0.2, 0.25) is 0 Å². The summed E-state index contributed by atoms with van der Waals surface area (Å²) in [5, 5.41) is 2.44. The van der Waals surface area contributed by atoms with Gasteiger partial charge in [0.1, 0.15) is 5.82 Å². The number of fused-ring (bicyclic) bond motifs is 1. The number of nitrogens with zero attached hydrogens (tertiary/aromatic N) is 3. The van der Waals surface area contributed by atoms with E-state index in [2.05, 4.69) is 76.9 Å². The molecule has 2 aromatic heterocycles. The SMILES string of the molecule is Cc1cc(C=Nc2ccc3ccccc3c2)c(C)n1-c1ccccn1. The van der Waals surface area contributed by atoms with Gasteiger partial charge in [0.25, 0.3) is 0 Å². The molecule has 0 atom stereocenters. The normalized spacial score (nSPS) is 11.4. The number of aromatic nitrogens is 2. The summed E-state index contributed by atoms with van der Waals surface area (Å²) in [7, 11) is 0. The van der Waals surface area contributed by atoms with Gasteiger partial charge in [0.15, 0.2) is 0 Å². The Labute approximate surface area is 147 Å². The first-order valence-electron chi connectivity index (χ1n) is 8.35. The van der Waals surface area contributed by atoms with Crippen LogP contribution in [0, 0.1) is 13.8 Å².